The lowest BCUT2D eigenvalue weighted by Crippen LogP contribution is -2.39. The first-order valence-corrected chi connectivity index (χ1v) is 8.27. The Morgan fingerprint density at radius 2 is 2.08 bits per heavy atom. The highest BCUT2D eigenvalue weighted by Crippen LogP contribution is 2.38. The van der Waals surface area contributed by atoms with Gasteiger partial charge in [-0.25, -0.2) is 4.79 Å². The molecule has 6 nitrogen and oxygen atoms in total. The third kappa shape index (κ3) is 2.91. The number of fused-ring (bicyclic) bond motifs is 1. The minimum absolute atomic E-state index is 0.0659. The summed E-state index contributed by atoms with van der Waals surface area (Å²) in [5.74, 6) is 2.29. The standard InChI is InChI=1S/C18H20N2O4/c21-18(19-12-14-3-2-8-22-14)20-7-1-4-15(20)13-5-6-16-17(11-13)24-10-9-23-16/h2-3,5-6,8,11,15H,1,4,7,9-10,12H2,(H,19,21)/t15-/m1/s1. The van der Waals surface area contributed by atoms with E-state index in [4.69, 9.17) is 13.9 Å². The van der Waals surface area contributed by atoms with E-state index in [2.05, 4.69) is 5.32 Å². The molecular weight excluding hydrogens is 308 g/mol. The number of nitrogens with zero attached hydrogens (tertiary/aromatic N) is 1. The Hall–Kier alpha value is -2.63. The van der Waals surface area contributed by atoms with Crippen molar-refractivity contribution in [2.24, 2.45) is 0 Å². The van der Waals surface area contributed by atoms with Crippen molar-refractivity contribution in [2.45, 2.75) is 25.4 Å². The lowest BCUT2D eigenvalue weighted by Gasteiger charge is -2.26. The summed E-state index contributed by atoms with van der Waals surface area (Å²) >= 11 is 0. The van der Waals surface area contributed by atoms with Gasteiger partial charge in [0.2, 0.25) is 0 Å². The maximum atomic E-state index is 12.5. The zero-order valence-corrected chi connectivity index (χ0v) is 13.4. The number of nitrogens with one attached hydrogen (secondary N) is 1. The predicted molar refractivity (Wildman–Crippen MR) is 87.1 cm³/mol. The van der Waals surface area contributed by atoms with Crippen molar-refractivity contribution in [3.05, 3.63) is 47.9 Å². The Balaban J connectivity index is 1.47. The Morgan fingerprint density at radius 1 is 1.21 bits per heavy atom. The van der Waals surface area contributed by atoms with E-state index in [0.717, 1.165) is 42.2 Å². The molecule has 6 heteroatoms. The topological polar surface area (TPSA) is 63.9 Å². The zero-order valence-electron chi connectivity index (χ0n) is 13.4. The highest BCUT2D eigenvalue weighted by molar-refractivity contribution is 5.75. The maximum absolute atomic E-state index is 12.5. The maximum Gasteiger partial charge on any atom is 0.318 e. The number of likely N-dealkylation sites (tertiary alicyclic amines) is 1. The van der Waals surface area contributed by atoms with Crippen LogP contribution in [0.2, 0.25) is 0 Å². The zero-order chi connectivity index (χ0) is 16.4. The first kappa shape index (κ1) is 14.9. The summed E-state index contributed by atoms with van der Waals surface area (Å²) in [5, 5.41) is 2.93. The van der Waals surface area contributed by atoms with Gasteiger partial charge >= 0.3 is 6.03 Å². The summed E-state index contributed by atoms with van der Waals surface area (Å²) < 4.78 is 16.5. The van der Waals surface area contributed by atoms with Crippen molar-refractivity contribution in [3.63, 3.8) is 0 Å². The molecule has 0 spiro atoms. The van der Waals surface area contributed by atoms with Gasteiger partial charge in [0.25, 0.3) is 0 Å². The molecule has 4 rings (SSSR count). The number of ether oxygens (including phenoxy) is 2. The van der Waals surface area contributed by atoms with Crippen LogP contribution >= 0.6 is 0 Å². The molecule has 1 aromatic carbocycles. The smallest absolute Gasteiger partial charge is 0.318 e. The fraction of sp³-hybridized carbons (Fsp3) is 0.389. The molecule has 2 aromatic rings. The van der Waals surface area contributed by atoms with Gasteiger partial charge in [-0.15, -0.1) is 0 Å². The lowest BCUT2D eigenvalue weighted by atomic mass is 10.0. The van der Waals surface area contributed by atoms with Crippen molar-refractivity contribution < 1.29 is 18.7 Å². The van der Waals surface area contributed by atoms with Gasteiger partial charge in [-0.2, -0.15) is 0 Å². The van der Waals surface area contributed by atoms with Crippen LogP contribution in [0.5, 0.6) is 11.5 Å². The van der Waals surface area contributed by atoms with E-state index in [1.54, 1.807) is 6.26 Å². The summed E-state index contributed by atoms with van der Waals surface area (Å²) in [6.07, 6.45) is 3.55. The molecule has 24 heavy (non-hydrogen) atoms. The number of amides is 2. The average molecular weight is 328 g/mol. The van der Waals surface area contributed by atoms with Crippen LogP contribution in [0.3, 0.4) is 0 Å². The Kier molecular flexibility index (Phi) is 4.02. The fourth-order valence-corrected chi connectivity index (χ4v) is 3.30. The number of hydrogen-bond donors (Lipinski definition) is 1. The largest absolute Gasteiger partial charge is 0.486 e. The number of urea groups is 1. The van der Waals surface area contributed by atoms with Crippen LogP contribution in [0.15, 0.2) is 41.0 Å². The number of carbonyl (C=O) groups excluding carboxylic acids is 1. The van der Waals surface area contributed by atoms with E-state index in [1.807, 2.05) is 35.2 Å². The molecule has 126 valence electrons. The molecule has 2 amide bonds. The number of carbonyl (C=O) groups is 1. The molecule has 1 N–H and O–H groups in total. The summed E-state index contributed by atoms with van der Waals surface area (Å²) in [4.78, 5) is 14.4. The number of hydrogen-bond acceptors (Lipinski definition) is 4. The Morgan fingerprint density at radius 3 is 2.92 bits per heavy atom. The molecule has 3 heterocycles. The van der Waals surface area contributed by atoms with E-state index in [0.29, 0.717) is 19.8 Å². The van der Waals surface area contributed by atoms with Crippen LogP contribution < -0.4 is 14.8 Å². The van der Waals surface area contributed by atoms with Crippen molar-refractivity contribution in [3.8, 4) is 11.5 Å². The van der Waals surface area contributed by atoms with Crippen LogP contribution in [-0.2, 0) is 6.54 Å². The van der Waals surface area contributed by atoms with E-state index in [9.17, 15) is 4.79 Å². The van der Waals surface area contributed by atoms with Gasteiger partial charge in [0.15, 0.2) is 11.5 Å². The molecule has 2 aliphatic heterocycles. The predicted octanol–water partition coefficient (Wildman–Crippen LogP) is 3.10. The van der Waals surface area contributed by atoms with E-state index < -0.39 is 0 Å². The number of benzene rings is 1. The fourth-order valence-electron chi connectivity index (χ4n) is 3.30. The second-order valence-corrected chi connectivity index (χ2v) is 5.99. The van der Waals surface area contributed by atoms with Gasteiger partial charge < -0.3 is 24.1 Å². The molecule has 1 aromatic heterocycles. The van der Waals surface area contributed by atoms with Gasteiger partial charge in [-0.1, -0.05) is 6.07 Å². The Bertz CT molecular complexity index is 714. The third-order valence-electron chi connectivity index (χ3n) is 4.46. The molecule has 0 saturated carbocycles. The molecule has 0 bridgehead atoms. The molecule has 0 aliphatic carbocycles. The SMILES string of the molecule is O=C(NCc1ccco1)N1CCC[C@@H]1c1ccc2c(c1)OCCO2. The number of rotatable bonds is 3. The average Bonchev–Trinajstić information content (AvgIpc) is 3.31. The van der Waals surface area contributed by atoms with Gasteiger partial charge in [0.05, 0.1) is 18.8 Å². The summed E-state index contributed by atoms with van der Waals surface area (Å²) in [6, 6.07) is 9.62. The lowest BCUT2D eigenvalue weighted by molar-refractivity contribution is 0.170. The highest BCUT2D eigenvalue weighted by Gasteiger charge is 2.30. The second-order valence-electron chi connectivity index (χ2n) is 5.99. The van der Waals surface area contributed by atoms with Crippen molar-refractivity contribution in [1.82, 2.24) is 10.2 Å². The molecule has 2 aliphatic rings. The quantitative estimate of drug-likeness (QED) is 0.940. The first-order valence-electron chi connectivity index (χ1n) is 8.27. The summed E-state index contributed by atoms with van der Waals surface area (Å²) in [7, 11) is 0. The van der Waals surface area contributed by atoms with Gasteiger partial charge in [0.1, 0.15) is 19.0 Å². The van der Waals surface area contributed by atoms with E-state index in [1.165, 1.54) is 0 Å². The van der Waals surface area contributed by atoms with Crippen LogP contribution in [0.4, 0.5) is 4.79 Å². The third-order valence-corrected chi connectivity index (χ3v) is 4.46. The molecule has 1 atom stereocenters. The molecule has 0 unspecified atom stereocenters. The van der Waals surface area contributed by atoms with Crippen LogP contribution in [-0.4, -0.2) is 30.7 Å². The molecule has 1 saturated heterocycles. The van der Waals surface area contributed by atoms with Crippen LogP contribution in [0.1, 0.15) is 30.2 Å². The minimum Gasteiger partial charge on any atom is -0.486 e. The summed E-state index contributed by atoms with van der Waals surface area (Å²) in [5.41, 5.74) is 1.09. The highest BCUT2D eigenvalue weighted by atomic mass is 16.6. The van der Waals surface area contributed by atoms with Crippen molar-refractivity contribution in [2.75, 3.05) is 19.8 Å². The van der Waals surface area contributed by atoms with Gasteiger partial charge in [-0.3, -0.25) is 0 Å². The van der Waals surface area contributed by atoms with Crippen molar-refractivity contribution >= 4 is 6.03 Å². The van der Waals surface area contributed by atoms with Gasteiger partial charge in [-0.05, 0) is 42.7 Å². The summed E-state index contributed by atoms with van der Waals surface area (Å²) in [6.45, 7) is 2.30. The monoisotopic (exact) mass is 328 g/mol. The molecule has 1 fully saturated rings. The van der Waals surface area contributed by atoms with Crippen LogP contribution in [0, 0.1) is 0 Å². The molecular formula is C18H20N2O4. The van der Waals surface area contributed by atoms with Crippen LogP contribution in [0.25, 0.3) is 0 Å². The Labute approximate surface area is 140 Å². The van der Waals surface area contributed by atoms with E-state index in [-0.39, 0.29) is 12.1 Å². The van der Waals surface area contributed by atoms with E-state index >= 15 is 0 Å². The van der Waals surface area contributed by atoms with Gasteiger partial charge in [0, 0.05) is 6.54 Å². The second kappa shape index (κ2) is 6.47. The minimum atomic E-state index is -0.0659. The number of furan rings is 1. The first-order chi connectivity index (χ1) is 11.8. The molecule has 0 radical (unpaired) electrons. The van der Waals surface area contributed by atoms with Crippen molar-refractivity contribution in [1.29, 1.82) is 0 Å². The normalized spacial score (nSPS) is 19.3.